The summed E-state index contributed by atoms with van der Waals surface area (Å²) in [6.45, 7) is 2.93. The maximum Gasteiger partial charge on any atom is 0.264 e. The van der Waals surface area contributed by atoms with Crippen molar-refractivity contribution in [1.29, 1.82) is 0 Å². The molecule has 1 heterocycles. The zero-order chi connectivity index (χ0) is 30.2. The number of hydrogen-bond acceptors (Lipinski definition) is 7. The summed E-state index contributed by atoms with van der Waals surface area (Å²) in [5.74, 6) is 1.85. The molecule has 0 bridgehead atoms. The Morgan fingerprint density at radius 3 is 2.35 bits per heavy atom. The van der Waals surface area contributed by atoms with Crippen LogP contribution in [0.5, 0.6) is 23.0 Å². The highest BCUT2D eigenvalue weighted by atomic mass is 35.5. The lowest BCUT2D eigenvalue weighted by atomic mass is 10.1. The monoisotopic (exact) mass is 634 g/mol. The molecule has 7 nitrogen and oxygen atoms in total. The van der Waals surface area contributed by atoms with Crippen LogP contribution in [0.4, 0.5) is 5.69 Å². The van der Waals surface area contributed by atoms with Crippen LogP contribution in [-0.2, 0) is 18.0 Å². The van der Waals surface area contributed by atoms with E-state index in [0.29, 0.717) is 67.6 Å². The van der Waals surface area contributed by atoms with Gasteiger partial charge in [0.2, 0.25) is 0 Å². The van der Waals surface area contributed by atoms with E-state index in [1.54, 1.807) is 49.6 Å². The van der Waals surface area contributed by atoms with Crippen molar-refractivity contribution in [2.24, 2.45) is 4.99 Å². The van der Waals surface area contributed by atoms with Crippen molar-refractivity contribution < 1.29 is 23.7 Å². The minimum absolute atomic E-state index is 0.221. The molecular formula is C33H28Cl2N2O5S. The van der Waals surface area contributed by atoms with E-state index < -0.39 is 0 Å². The maximum absolute atomic E-state index is 12.6. The lowest BCUT2D eigenvalue weighted by Gasteiger charge is -2.16. The van der Waals surface area contributed by atoms with Gasteiger partial charge in [-0.15, -0.1) is 0 Å². The molecule has 0 aliphatic carbocycles. The molecule has 220 valence electrons. The summed E-state index contributed by atoms with van der Waals surface area (Å²) in [6.07, 6.45) is 1.74. The summed E-state index contributed by atoms with van der Waals surface area (Å²) >= 11 is 13.9. The van der Waals surface area contributed by atoms with Crippen LogP contribution >= 0.6 is 35.0 Å². The second-order valence-corrected chi connectivity index (χ2v) is 11.1. The van der Waals surface area contributed by atoms with Crippen LogP contribution in [0.15, 0.2) is 94.8 Å². The maximum atomic E-state index is 12.6. The van der Waals surface area contributed by atoms with Gasteiger partial charge < -0.3 is 24.3 Å². The Morgan fingerprint density at radius 1 is 0.837 bits per heavy atom. The number of carbonyl (C=O) groups is 1. The van der Waals surface area contributed by atoms with Gasteiger partial charge in [-0.25, -0.2) is 4.99 Å². The highest BCUT2D eigenvalue weighted by Crippen LogP contribution is 2.39. The number of nitrogens with zero attached hydrogens (tertiary/aromatic N) is 1. The van der Waals surface area contributed by atoms with Gasteiger partial charge in [-0.1, -0.05) is 59.6 Å². The first kappa shape index (κ1) is 30.4. The summed E-state index contributed by atoms with van der Waals surface area (Å²) in [7, 11) is 1.60. The second kappa shape index (κ2) is 14.4. The van der Waals surface area contributed by atoms with Gasteiger partial charge in [-0.05, 0) is 90.0 Å². The fourth-order valence-corrected chi connectivity index (χ4v) is 5.39. The number of carbonyl (C=O) groups excluding carboxylic acids is 1. The lowest BCUT2D eigenvalue weighted by molar-refractivity contribution is -0.115. The van der Waals surface area contributed by atoms with E-state index >= 15 is 0 Å². The first-order valence-corrected chi connectivity index (χ1v) is 15.0. The molecule has 1 aliphatic heterocycles. The average molecular weight is 636 g/mol. The molecule has 5 rings (SSSR count). The SMILES string of the molecule is CCOc1cc(/C=C2/SC(=Nc3ccc(Cl)cc3)NC2=O)cc(Cl)c1OCc1ccc(OCc2ccccc2)c(OC)c1. The van der Waals surface area contributed by atoms with Gasteiger partial charge in [0.15, 0.2) is 28.2 Å². The summed E-state index contributed by atoms with van der Waals surface area (Å²) in [4.78, 5) is 17.6. The van der Waals surface area contributed by atoms with Crippen molar-refractivity contribution in [2.75, 3.05) is 13.7 Å². The summed E-state index contributed by atoms with van der Waals surface area (Å²) in [6, 6.07) is 26.1. The van der Waals surface area contributed by atoms with Crippen LogP contribution in [-0.4, -0.2) is 24.8 Å². The first-order chi connectivity index (χ1) is 20.9. The van der Waals surface area contributed by atoms with Crippen LogP contribution in [0.1, 0.15) is 23.6 Å². The number of benzene rings is 4. The molecule has 0 aromatic heterocycles. The molecule has 0 atom stereocenters. The Kier molecular flexibility index (Phi) is 10.1. The molecule has 10 heteroatoms. The predicted octanol–water partition coefficient (Wildman–Crippen LogP) is 8.45. The second-order valence-electron chi connectivity index (χ2n) is 9.27. The molecule has 0 spiro atoms. The molecular weight excluding hydrogens is 607 g/mol. The molecule has 43 heavy (non-hydrogen) atoms. The van der Waals surface area contributed by atoms with E-state index in [1.807, 2.05) is 55.5 Å². The average Bonchev–Trinajstić information content (AvgIpc) is 3.35. The van der Waals surface area contributed by atoms with Gasteiger partial charge >= 0.3 is 0 Å². The van der Waals surface area contributed by atoms with Crippen LogP contribution in [0, 0.1) is 0 Å². The van der Waals surface area contributed by atoms with Gasteiger partial charge in [0.1, 0.15) is 13.2 Å². The van der Waals surface area contributed by atoms with Crippen LogP contribution < -0.4 is 24.3 Å². The Balaban J connectivity index is 1.29. The van der Waals surface area contributed by atoms with Crippen molar-refractivity contribution >= 4 is 57.8 Å². The third-order valence-corrected chi connectivity index (χ3v) is 7.63. The molecule has 4 aromatic rings. The Bertz CT molecular complexity index is 1660. The molecule has 1 amide bonds. The number of thioether (sulfide) groups is 1. The normalized spacial score (nSPS) is 14.6. The van der Waals surface area contributed by atoms with Gasteiger partial charge in [0, 0.05) is 5.02 Å². The smallest absolute Gasteiger partial charge is 0.264 e. The molecule has 1 N–H and O–H groups in total. The van der Waals surface area contributed by atoms with Crippen LogP contribution in [0.3, 0.4) is 0 Å². The zero-order valence-electron chi connectivity index (χ0n) is 23.4. The lowest BCUT2D eigenvalue weighted by Crippen LogP contribution is -2.19. The molecule has 0 saturated carbocycles. The van der Waals surface area contributed by atoms with Crippen LogP contribution in [0.25, 0.3) is 6.08 Å². The zero-order valence-corrected chi connectivity index (χ0v) is 25.8. The predicted molar refractivity (Wildman–Crippen MR) is 173 cm³/mol. The minimum atomic E-state index is -0.253. The van der Waals surface area contributed by atoms with E-state index in [4.69, 9.17) is 42.1 Å². The number of aliphatic imine (C=N–C) groups is 1. The number of ether oxygens (including phenoxy) is 4. The fraction of sp³-hybridized carbons (Fsp3) is 0.152. The highest BCUT2D eigenvalue weighted by molar-refractivity contribution is 8.18. The molecule has 1 aliphatic rings. The molecule has 1 fully saturated rings. The molecule has 1 saturated heterocycles. The highest BCUT2D eigenvalue weighted by Gasteiger charge is 2.24. The number of rotatable bonds is 11. The third kappa shape index (κ3) is 8.04. The van der Waals surface area contributed by atoms with E-state index in [-0.39, 0.29) is 12.5 Å². The number of methoxy groups -OCH3 is 1. The number of halogens is 2. The number of amides is 1. The van der Waals surface area contributed by atoms with E-state index in [0.717, 1.165) is 11.1 Å². The topological polar surface area (TPSA) is 78.4 Å². The Morgan fingerprint density at radius 2 is 1.60 bits per heavy atom. The molecule has 4 aromatic carbocycles. The van der Waals surface area contributed by atoms with Crippen molar-refractivity contribution in [3.63, 3.8) is 0 Å². The molecule has 0 radical (unpaired) electrons. The number of hydrogen-bond donors (Lipinski definition) is 1. The van der Waals surface area contributed by atoms with E-state index in [2.05, 4.69) is 10.3 Å². The minimum Gasteiger partial charge on any atom is -0.493 e. The van der Waals surface area contributed by atoms with Crippen molar-refractivity contribution in [1.82, 2.24) is 5.32 Å². The summed E-state index contributed by atoms with van der Waals surface area (Å²) in [5.41, 5.74) is 3.30. The van der Waals surface area contributed by atoms with Gasteiger partial charge in [0.25, 0.3) is 5.91 Å². The van der Waals surface area contributed by atoms with Crippen LogP contribution in [0.2, 0.25) is 10.0 Å². The Hall–Kier alpha value is -4.11. The van der Waals surface area contributed by atoms with Crippen molar-refractivity contribution in [3.8, 4) is 23.0 Å². The first-order valence-electron chi connectivity index (χ1n) is 13.4. The van der Waals surface area contributed by atoms with Crippen molar-refractivity contribution in [2.45, 2.75) is 20.1 Å². The largest absolute Gasteiger partial charge is 0.493 e. The summed E-state index contributed by atoms with van der Waals surface area (Å²) < 4.78 is 23.5. The fourth-order valence-electron chi connectivity index (χ4n) is 4.15. The standard InChI is InChI=1S/C33H28Cl2N2O5S/c1-3-40-29-17-23(18-30-32(38)37-33(43-30)36-25-12-10-24(34)11-13-25)15-26(35)31(29)42-20-22-9-14-27(28(16-22)39-2)41-19-21-7-5-4-6-8-21/h4-18H,3,19-20H2,1-2H3,(H,36,37,38)/b30-18+. The number of amidine groups is 1. The summed E-state index contributed by atoms with van der Waals surface area (Å²) in [5, 5.41) is 4.23. The third-order valence-electron chi connectivity index (χ3n) is 6.19. The Labute approximate surface area is 264 Å². The van der Waals surface area contributed by atoms with Gasteiger partial charge in [0.05, 0.1) is 29.3 Å². The van der Waals surface area contributed by atoms with Gasteiger partial charge in [-0.3, -0.25) is 4.79 Å². The quantitative estimate of drug-likeness (QED) is 0.167. The van der Waals surface area contributed by atoms with E-state index in [9.17, 15) is 4.79 Å². The van der Waals surface area contributed by atoms with Crippen molar-refractivity contribution in [3.05, 3.63) is 117 Å². The molecule has 0 unspecified atom stereocenters. The number of nitrogens with one attached hydrogen (secondary N) is 1. The van der Waals surface area contributed by atoms with E-state index in [1.165, 1.54) is 11.8 Å². The van der Waals surface area contributed by atoms with Gasteiger partial charge in [-0.2, -0.15) is 0 Å².